The lowest BCUT2D eigenvalue weighted by atomic mass is 9.58. The third-order valence-electron chi connectivity index (χ3n) is 7.09. The van der Waals surface area contributed by atoms with E-state index in [1.807, 2.05) is 0 Å². The summed E-state index contributed by atoms with van der Waals surface area (Å²) in [6, 6.07) is 9.06. The summed E-state index contributed by atoms with van der Waals surface area (Å²) in [6.45, 7) is 2.36. The Balaban J connectivity index is 1.66. The summed E-state index contributed by atoms with van der Waals surface area (Å²) in [5.41, 5.74) is 2.20. The Hall–Kier alpha value is -0.300. The Bertz CT molecular complexity index is 475. The second kappa shape index (κ2) is 8.88. The molecule has 0 aliphatic heterocycles. The van der Waals surface area contributed by atoms with Crippen LogP contribution in [0.25, 0.3) is 0 Å². The van der Waals surface area contributed by atoms with Gasteiger partial charge in [-0.15, -0.1) is 0 Å². The molecule has 0 nitrogen and oxygen atoms in total. The molecule has 0 N–H and O–H groups in total. The van der Waals surface area contributed by atoms with E-state index in [1.165, 1.54) is 93.5 Å². The van der Waals surface area contributed by atoms with Crippen molar-refractivity contribution in [1.82, 2.24) is 0 Å². The minimum Gasteiger partial charge on any atom is -0.0654 e. The average Bonchev–Trinajstić information content (AvgIpc) is 2.64. The number of benzene rings is 1. The fraction of sp³-hybridized carbons (Fsp3) is 0.739. The largest absolute Gasteiger partial charge is 0.0654 e. The molecule has 0 unspecified atom stereocenters. The summed E-state index contributed by atoms with van der Waals surface area (Å²) in [7, 11) is 0. The molecule has 0 atom stereocenters. The van der Waals surface area contributed by atoms with Gasteiger partial charge in [0, 0.05) is 4.47 Å². The minimum atomic E-state index is 0.664. The second-order valence-electron chi connectivity index (χ2n) is 8.56. The topological polar surface area (TPSA) is 0 Å². The standard InChI is InChI=1S/C23H35Br/c1-2-6-19-13-16-23(17-14-19,21-7-4-3-5-8-21)18-15-20-9-11-22(24)12-10-20/h9-12,19,21H,2-8,13-18H2,1H3. The normalized spacial score (nSPS) is 28.8. The van der Waals surface area contributed by atoms with Crippen LogP contribution in [0, 0.1) is 17.3 Å². The minimum absolute atomic E-state index is 0.664. The van der Waals surface area contributed by atoms with E-state index in [0.717, 1.165) is 11.8 Å². The van der Waals surface area contributed by atoms with Crippen molar-refractivity contribution in [2.75, 3.05) is 0 Å². The van der Waals surface area contributed by atoms with Crippen LogP contribution in [0.2, 0.25) is 0 Å². The van der Waals surface area contributed by atoms with E-state index in [9.17, 15) is 0 Å². The van der Waals surface area contributed by atoms with E-state index in [1.54, 1.807) is 0 Å². The maximum Gasteiger partial charge on any atom is 0.0175 e. The lowest BCUT2D eigenvalue weighted by Gasteiger charge is -2.47. The summed E-state index contributed by atoms with van der Waals surface area (Å²) in [4.78, 5) is 0. The van der Waals surface area contributed by atoms with E-state index in [0.29, 0.717) is 5.41 Å². The van der Waals surface area contributed by atoms with Crippen LogP contribution in [0.4, 0.5) is 0 Å². The highest BCUT2D eigenvalue weighted by atomic mass is 79.9. The third kappa shape index (κ3) is 4.65. The summed E-state index contributed by atoms with van der Waals surface area (Å²) in [5, 5.41) is 0. The molecule has 134 valence electrons. The van der Waals surface area contributed by atoms with Crippen LogP contribution in [-0.4, -0.2) is 0 Å². The number of halogens is 1. The summed E-state index contributed by atoms with van der Waals surface area (Å²) in [5.74, 6) is 2.05. The van der Waals surface area contributed by atoms with Crippen LogP contribution >= 0.6 is 15.9 Å². The molecule has 0 spiro atoms. The first kappa shape index (κ1) is 18.5. The van der Waals surface area contributed by atoms with E-state index in [2.05, 4.69) is 47.1 Å². The molecule has 2 saturated carbocycles. The molecule has 1 aromatic rings. The highest BCUT2D eigenvalue weighted by Crippen LogP contribution is 2.52. The van der Waals surface area contributed by atoms with Crippen LogP contribution in [-0.2, 0) is 6.42 Å². The Morgan fingerprint density at radius 2 is 1.62 bits per heavy atom. The molecule has 0 bridgehead atoms. The number of hydrogen-bond acceptors (Lipinski definition) is 0. The molecule has 2 aliphatic rings. The highest BCUT2D eigenvalue weighted by Gasteiger charge is 2.41. The first-order valence-corrected chi connectivity index (χ1v) is 11.3. The van der Waals surface area contributed by atoms with E-state index in [-0.39, 0.29) is 0 Å². The van der Waals surface area contributed by atoms with Gasteiger partial charge in [0.25, 0.3) is 0 Å². The summed E-state index contributed by atoms with van der Waals surface area (Å²) >= 11 is 3.57. The van der Waals surface area contributed by atoms with E-state index in [4.69, 9.17) is 0 Å². The van der Waals surface area contributed by atoms with Crippen molar-refractivity contribution in [1.29, 1.82) is 0 Å². The average molecular weight is 391 g/mol. The van der Waals surface area contributed by atoms with Crippen LogP contribution in [0.1, 0.15) is 89.5 Å². The van der Waals surface area contributed by atoms with Gasteiger partial charge in [-0.25, -0.2) is 0 Å². The van der Waals surface area contributed by atoms with Gasteiger partial charge < -0.3 is 0 Å². The van der Waals surface area contributed by atoms with Crippen molar-refractivity contribution < 1.29 is 0 Å². The molecule has 0 heterocycles. The highest BCUT2D eigenvalue weighted by molar-refractivity contribution is 9.10. The maximum absolute atomic E-state index is 3.57. The monoisotopic (exact) mass is 390 g/mol. The zero-order valence-electron chi connectivity index (χ0n) is 15.5. The maximum atomic E-state index is 3.57. The molecule has 1 heteroatoms. The molecule has 0 amide bonds. The van der Waals surface area contributed by atoms with Crippen LogP contribution in [0.15, 0.2) is 28.7 Å². The van der Waals surface area contributed by atoms with E-state index < -0.39 is 0 Å². The molecule has 24 heavy (non-hydrogen) atoms. The van der Waals surface area contributed by atoms with Crippen LogP contribution in [0.5, 0.6) is 0 Å². The van der Waals surface area contributed by atoms with Crippen molar-refractivity contribution in [2.24, 2.45) is 17.3 Å². The second-order valence-corrected chi connectivity index (χ2v) is 9.47. The zero-order chi connectivity index (χ0) is 16.8. The summed E-state index contributed by atoms with van der Waals surface area (Å²) in [6.07, 6.45) is 19.1. The van der Waals surface area contributed by atoms with Crippen LogP contribution in [0.3, 0.4) is 0 Å². The Labute approximate surface area is 157 Å². The van der Waals surface area contributed by atoms with Gasteiger partial charge in [0.15, 0.2) is 0 Å². The van der Waals surface area contributed by atoms with Crippen molar-refractivity contribution in [3.8, 4) is 0 Å². The number of aryl methyl sites for hydroxylation is 1. The van der Waals surface area contributed by atoms with Gasteiger partial charge in [-0.05, 0) is 86.3 Å². The van der Waals surface area contributed by atoms with Gasteiger partial charge in [0.2, 0.25) is 0 Å². The fourth-order valence-electron chi connectivity index (χ4n) is 5.57. The Kier molecular flexibility index (Phi) is 6.84. The van der Waals surface area contributed by atoms with Gasteiger partial charge in [-0.1, -0.05) is 67.1 Å². The van der Waals surface area contributed by atoms with E-state index >= 15 is 0 Å². The molecule has 2 aliphatic carbocycles. The number of hydrogen-bond donors (Lipinski definition) is 0. The van der Waals surface area contributed by atoms with Gasteiger partial charge >= 0.3 is 0 Å². The smallest absolute Gasteiger partial charge is 0.0175 e. The van der Waals surface area contributed by atoms with Crippen molar-refractivity contribution >= 4 is 15.9 Å². The molecule has 0 radical (unpaired) electrons. The van der Waals surface area contributed by atoms with Crippen molar-refractivity contribution in [3.63, 3.8) is 0 Å². The fourth-order valence-corrected chi connectivity index (χ4v) is 5.84. The summed E-state index contributed by atoms with van der Waals surface area (Å²) < 4.78 is 1.20. The van der Waals surface area contributed by atoms with Gasteiger partial charge in [0.1, 0.15) is 0 Å². The lowest BCUT2D eigenvalue weighted by Crippen LogP contribution is -2.36. The molecule has 0 aromatic heterocycles. The first-order chi connectivity index (χ1) is 11.7. The zero-order valence-corrected chi connectivity index (χ0v) is 17.1. The predicted octanol–water partition coefficient (Wildman–Crippen LogP) is 7.94. The van der Waals surface area contributed by atoms with Crippen molar-refractivity contribution in [2.45, 2.75) is 90.4 Å². The molecule has 1 aromatic carbocycles. The first-order valence-electron chi connectivity index (χ1n) is 10.5. The number of rotatable bonds is 6. The Morgan fingerprint density at radius 3 is 2.25 bits per heavy atom. The molecule has 0 saturated heterocycles. The van der Waals surface area contributed by atoms with Gasteiger partial charge in [0.05, 0.1) is 0 Å². The SMILES string of the molecule is CCCC1CCC(CCc2ccc(Br)cc2)(C2CCCCC2)CC1. The van der Waals surface area contributed by atoms with Crippen molar-refractivity contribution in [3.05, 3.63) is 34.3 Å². The lowest BCUT2D eigenvalue weighted by molar-refractivity contribution is 0.0382. The van der Waals surface area contributed by atoms with Crippen LogP contribution < -0.4 is 0 Å². The molecule has 2 fully saturated rings. The van der Waals surface area contributed by atoms with Gasteiger partial charge in [-0.2, -0.15) is 0 Å². The quantitative estimate of drug-likeness (QED) is 0.462. The molecular weight excluding hydrogens is 356 g/mol. The third-order valence-corrected chi connectivity index (χ3v) is 7.62. The predicted molar refractivity (Wildman–Crippen MR) is 108 cm³/mol. The van der Waals surface area contributed by atoms with Gasteiger partial charge in [-0.3, -0.25) is 0 Å². The Morgan fingerprint density at radius 1 is 0.958 bits per heavy atom. The molecular formula is C23H35Br. The molecule has 3 rings (SSSR count).